The van der Waals surface area contributed by atoms with Gasteiger partial charge in [0.15, 0.2) is 0 Å². The molecule has 4 aromatic rings. The lowest BCUT2D eigenvalue weighted by Gasteiger charge is -2.15. The van der Waals surface area contributed by atoms with E-state index in [4.69, 9.17) is 26.5 Å². The van der Waals surface area contributed by atoms with Crippen molar-refractivity contribution in [1.29, 1.82) is 0 Å². The third-order valence-electron chi connectivity index (χ3n) is 6.92. The minimum atomic E-state index is -1.03. The van der Waals surface area contributed by atoms with E-state index >= 15 is 0 Å². The van der Waals surface area contributed by atoms with Gasteiger partial charge in [0, 0.05) is 52.0 Å². The normalized spacial score (nSPS) is 13.5. The number of rotatable bonds is 7. The topological polar surface area (TPSA) is 158 Å². The summed E-state index contributed by atoms with van der Waals surface area (Å²) in [5, 5.41) is 19.3. The number of nitrogens with zero attached hydrogens (tertiary/aromatic N) is 3. The van der Waals surface area contributed by atoms with E-state index in [9.17, 15) is 19.5 Å². The molecule has 0 saturated carbocycles. The van der Waals surface area contributed by atoms with Crippen LogP contribution < -0.4 is 15.8 Å². The van der Waals surface area contributed by atoms with Gasteiger partial charge in [0.05, 0.1) is 11.7 Å². The molecule has 1 unspecified atom stereocenters. The predicted molar refractivity (Wildman–Crippen MR) is 156 cm³/mol. The van der Waals surface area contributed by atoms with Crippen LogP contribution in [0.1, 0.15) is 36.6 Å². The van der Waals surface area contributed by atoms with E-state index in [-0.39, 0.29) is 18.1 Å². The number of fused-ring (bicyclic) bond motifs is 1. The zero-order valence-electron chi connectivity index (χ0n) is 22.3. The Morgan fingerprint density at radius 1 is 1.17 bits per heavy atom. The zero-order valence-corrected chi connectivity index (χ0v) is 23.1. The van der Waals surface area contributed by atoms with Crippen molar-refractivity contribution in [3.8, 4) is 22.4 Å². The number of halogens is 1. The van der Waals surface area contributed by atoms with Gasteiger partial charge < -0.3 is 25.1 Å². The average molecular weight is 578 g/mol. The van der Waals surface area contributed by atoms with Crippen molar-refractivity contribution in [3.05, 3.63) is 87.2 Å². The number of benzene rings is 2. The molecule has 0 spiro atoms. The SMILES string of the molecule is CCc1[nH]c(C2CCc3cc(-c4cc(Cl)ccc4NC=O)cc(=O)n32)nc1-c1ccc(N(C)C(=O)O)cc1.O=CO. The van der Waals surface area contributed by atoms with Crippen molar-refractivity contribution in [2.45, 2.75) is 32.2 Å². The molecule has 0 fully saturated rings. The Bertz CT molecular complexity index is 1650. The standard InChI is InChI=1S/C28H26ClN5O4.CH2O2/c1-3-22-26(16-4-7-19(8-5-16)33(2)28(37)38)32-27(31-22)24-11-9-20-12-17(13-25(36)34(20)24)21-14-18(29)6-10-23(21)30-15-35;2-1-3/h4-8,10,12-15,24H,3,9,11H2,1-2H3,(H,30,35)(H,31,32)(H,37,38);1H,(H,2,3). The van der Waals surface area contributed by atoms with E-state index in [2.05, 4.69) is 10.3 Å². The van der Waals surface area contributed by atoms with E-state index in [1.165, 1.54) is 7.05 Å². The molecule has 212 valence electrons. The van der Waals surface area contributed by atoms with Crippen LogP contribution in [-0.2, 0) is 22.4 Å². The molecule has 0 bridgehead atoms. The van der Waals surface area contributed by atoms with Gasteiger partial charge in [-0.05, 0) is 61.2 Å². The minimum Gasteiger partial charge on any atom is -0.483 e. The molecule has 11 nitrogen and oxygen atoms in total. The number of anilines is 2. The van der Waals surface area contributed by atoms with Crippen molar-refractivity contribution in [2.75, 3.05) is 17.3 Å². The molecule has 12 heteroatoms. The van der Waals surface area contributed by atoms with Crippen molar-refractivity contribution in [2.24, 2.45) is 0 Å². The van der Waals surface area contributed by atoms with Gasteiger partial charge in [-0.3, -0.25) is 19.3 Å². The fraction of sp³-hybridized carbons (Fsp3) is 0.207. The first-order chi connectivity index (χ1) is 19.7. The molecule has 1 aliphatic heterocycles. The summed E-state index contributed by atoms with van der Waals surface area (Å²) in [6.45, 7) is 1.78. The molecule has 2 aromatic heterocycles. The van der Waals surface area contributed by atoms with Gasteiger partial charge in [-0.25, -0.2) is 9.78 Å². The van der Waals surface area contributed by atoms with Gasteiger partial charge in [-0.2, -0.15) is 0 Å². The summed E-state index contributed by atoms with van der Waals surface area (Å²) in [7, 11) is 1.49. The summed E-state index contributed by atoms with van der Waals surface area (Å²) in [5.41, 5.74) is 5.83. The number of carbonyl (C=O) groups excluding carboxylic acids is 1. The van der Waals surface area contributed by atoms with Crippen LogP contribution >= 0.6 is 11.6 Å². The second-order valence-corrected chi connectivity index (χ2v) is 9.68. The number of pyridine rings is 1. The number of imidazole rings is 1. The van der Waals surface area contributed by atoms with Crippen LogP contribution in [0.2, 0.25) is 5.02 Å². The minimum absolute atomic E-state index is 0.158. The summed E-state index contributed by atoms with van der Waals surface area (Å²) in [6, 6.07) is 15.6. The molecule has 3 heterocycles. The highest BCUT2D eigenvalue weighted by molar-refractivity contribution is 6.31. The Morgan fingerprint density at radius 3 is 2.51 bits per heavy atom. The summed E-state index contributed by atoms with van der Waals surface area (Å²) >= 11 is 6.21. The summed E-state index contributed by atoms with van der Waals surface area (Å²) in [4.78, 5) is 53.6. The lowest BCUT2D eigenvalue weighted by Crippen LogP contribution is -2.24. The Labute approximate surface area is 240 Å². The number of amides is 2. The second kappa shape index (κ2) is 12.5. The number of H-pyrrole nitrogens is 1. The van der Waals surface area contributed by atoms with Gasteiger partial charge in [0.2, 0.25) is 6.41 Å². The third-order valence-corrected chi connectivity index (χ3v) is 7.16. The number of carbonyl (C=O) groups is 3. The predicted octanol–water partition coefficient (Wildman–Crippen LogP) is 5.04. The molecule has 5 rings (SSSR count). The molecule has 41 heavy (non-hydrogen) atoms. The summed E-state index contributed by atoms with van der Waals surface area (Å²) in [5.74, 6) is 0.711. The van der Waals surface area contributed by atoms with E-state index in [1.807, 2.05) is 25.1 Å². The van der Waals surface area contributed by atoms with Gasteiger partial charge in [-0.15, -0.1) is 0 Å². The van der Waals surface area contributed by atoms with E-state index in [0.717, 1.165) is 27.5 Å². The highest BCUT2D eigenvalue weighted by Crippen LogP contribution is 2.36. The monoisotopic (exact) mass is 577 g/mol. The molecular weight excluding hydrogens is 550 g/mol. The van der Waals surface area contributed by atoms with Crippen molar-refractivity contribution < 1.29 is 24.6 Å². The summed E-state index contributed by atoms with van der Waals surface area (Å²) in [6.07, 6.45) is 1.69. The molecule has 0 aliphatic carbocycles. The summed E-state index contributed by atoms with van der Waals surface area (Å²) < 4.78 is 1.77. The quantitative estimate of drug-likeness (QED) is 0.224. The fourth-order valence-electron chi connectivity index (χ4n) is 4.99. The van der Waals surface area contributed by atoms with Crippen molar-refractivity contribution in [3.63, 3.8) is 0 Å². The molecule has 2 amide bonds. The first-order valence-corrected chi connectivity index (χ1v) is 13.1. The van der Waals surface area contributed by atoms with Crippen LogP contribution in [0.3, 0.4) is 0 Å². The highest BCUT2D eigenvalue weighted by Gasteiger charge is 2.29. The van der Waals surface area contributed by atoms with Crippen LogP contribution in [0.15, 0.2) is 59.4 Å². The lowest BCUT2D eigenvalue weighted by atomic mass is 10.0. The first kappa shape index (κ1) is 29.1. The maximum atomic E-state index is 13.4. The Morgan fingerprint density at radius 2 is 1.88 bits per heavy atom. The van der Waals surface area contributed by atoms with E-state index in [0.29, 0.717) is 59.0 Å². The molecular formula is C29H28ClN5O6. The zero-order chi connectivity index (χ0) is 29.7. The second-order valence-electron chi connectivity index (χ2n) is 9.25. The molecule has 1 aliphatic rings. The smallest absolute Gasteiger partial charge is 0.411 e. The number of nitrogens with one attached hydrogen (secondary N) is 2. The number of aromatic nitrogens is 3. The van der Waals surface area contributed by atoms with Crippen LogP contribution in [0, 0.1) is 0 Å². The van der Waals surface area contributed by atoms with Crippen LogP contribution in [-0.4, -0.2) is 50.8 Å². The molecule has 4 N–H and O–H groups in total. The van der Waals surface area contributed by atoms with E-state index < -0.39 is 6.09 Å². The molecule has 1 atom stereocenters. The maximum absolute atomic E-state index is 13.4. The van der Waals surface area contributed by atoms with E-state index in [1.54, 1.807) is 41.0 Å². The highest BCUT2D eigenvalue weighted by atomic mass is 35.5. The van der Waals surface area contributed by atoms with Crippen LogP contribution in [0.4, 0.5) is 16.2 Å². The van der Waals surface area contributed by atoms with Gasteiger partial charge >= 0.3 is 6.09 Å². The average Bonchev–Trinajstić information content (AvgIpc) is 3.59. The van der Waals surface area contributed by atoms with Gasteiger partial charge in [0.25, 0.3) is 12.0 Å². The molecule has 0 radical (unpaired) electrons. The number of aromatic amines is 1. The van der Waals surface area contributed by atoms with Gasteiger partial charge in [-0.1, -0.05) is 30.7 Å². The molecule has 0 saturated heterocycles. The first-order valence-electron chi connectivity index (χ1n) is 12.7. The Balaban J connectivity index is 0.00000124. The number of hydrogen-bond acceptors (Lipinski definition) is 5. The van der Waals surface area contributed by atoms with Crippen molar-refractivity contribution in [1.82, 2.24) is 14.5 Å². The Kier molecular flexibility index (Phi) is 8.88. The number of hydrogen-bond donors (Lipinski definition) is 4. The fourth-order valence-corrected chi connectivity index (χ4v) is 5.16. The van der Waals surface area contributed by atoms with Crippen molar-refractivity contribution >= 4 is 42.0 Å². The van der Waals surface area contributed by atoms with Crippen LogP contribution in [0.5, 0.6) is 0 Å². The lowest BCUT2D eigenvalue weighted by molar-refractivity contribution is -0.122. The number of aryl methyl sites for hydroxylation is 2. The van der Waals surface area contributed by atoms with Gasteiger partial charge in [0.1, 0.15) is 5.82 Å². The number of carboxylic acid groups (broad SMARTS) is 2. The maximum Gasteiger partial charge on any atom is 0.411 e. The third kappa shape index (κ3) is 5.99. The largest absolute Gasteiger partial charge is 0.483 e. The Hall–Kier alpha value is -4.90. The molecule has 2 aromatic carbocycles. The van der Waals surface area contributed by atoms with Crippen LogP contribution in [0.25, 0.3) is 22.4 Å².